The Bertz CT molecular complexity index is 1010. The van der Waals surface area contributed by atoms with Gasteiger partial charge < -0.3 is 20.5 Å². The van der Waals surface area contributed by atoms with Crippen LogP contribution in [0.5, 0.6) is 0 Å². The van der Waals surface area contributed by atoms with Gasteiger partial charge in [0, 0.05) is 18.4 Å². The third-order valence-electron chi connectivity index (χ3n) is 6.33. The zero-order valence-electron chi connectivity index (χ0n) is 21.0. The van der Waals surface area contributed by atoms with Crippen molar-refractivity contribution < 1.29 is 24.2 Å². The van der Waals surface area contributed by atoms with E-state index in [1.807, 2.05) is 52.0 Å². The minimum atomic E-state index is -1.04. The number of benzene rings is 2. The first-order chi connectivity index (χ1) is 16.6. The summed E-state index contributed by atoms with van der Waals surface area (Å²) < 4.78 is 5.60. The average Bonchev–Trinajstić information content (AvgIpc) is 3.12. The van der Waals surface area contributed by atoms with Crippen molar-refractivity contribution in [3.8, 4) is 11.1 Å². The molecule has 0 aromatic heterocycles. The van der Waals surface area contributed by atoms with Crippen molar-refractivity contribution in [3.05, 3.63) is 59.7 Å². The molecular weight excluding hydrogens is 444 g/mol. The first-order valence-electron chi connectivity index (χ1n) is 12.2. The summed E-state index contributed by atoms with van der Waals surface area (Å²) >= 11 is 0. The van der Waals surface area contributed by atoms with Crippen molar-refractivity contribution in [1.29, 1.82) is 0 Å². The van der Waals surface area contributed by atoms with Gasteiger partial charge in [-0.3, -0.25) is 4.79 Å². The van der Waals surface area contributed by atoms with Crippen LogP contribution in [0.3, 0.4) is 0 Å². The van der Waals surface area contributed by atoms with Gasteiger partial charge in [-0.05, 0) is 46.9 Å². The number of alkyl carbamates (subject to hydrolysis) is 1. The Labute approximate surface area is 207 Å². The Hall–Kier alpha value is -3.35. The molecule has 2 aromatic rings. The second-order valence-corrected chi connectivity index (χ2v) is 10.3. The quantitative estimate of drug-likeness (QED) is 0.439. The van der Waals surface area contributed by atoms with Gasteiger partial charge in [0.05, 0.1) is 0 Å². The number of aliphatic carboxylic acids is 1. The molecule has 3 N–H and O–H groups in total. The van der Waals surface area contributed by atoms with Gasteiger partial charge in [-0.25, -0.2) is 9.59 Å². The van der Waals surface area contributed by atoms with Crippen molar-refractivity contribution >= 4 is 18.0 Å². The van der Waals surface area contributed by atoms with Crippen LogP contribution in [0.2, 0.25) is 0 Å². The lowest BCUT2D eigenvalue weighted by molar-refractivity contribution is -0.142. The maximum absolute atomic E-state index is 12.5. The number of carboxylic acids is 1. The van der Waals surface area contributed by atoms with Crippen molar-refractivity contribution in [2.24, 2.45) is 5.41 Å². The standard InChI is InChI=1S/C28H36N2O5/c1-5-18(14-15-25(31)30-24(26(32)33)16-28(2,3)4)29-27(34)35-17-23-21-12-8-6-10-19(21)20-11-7-9-13-22(20)23/h6-13,18,23-24H,5,14-17H2,1-4H3,(H,29,34)(H,30,31)(H,32,33). The normalized spacial score (nSPS) is 14.4. The van der Waals surface area contributed by atoms with Gasteiger partial charge in [-0.15, -0.1) is 0 Å². The van der Waals surface area contributed by atoms with E-state index in [9.17, 15) is 19.5 Å². The molecule has 2 atom stereocenters. The maximum atomic E-state index is 12.5. The molecule has 7 nitrogen and oxygen atoms in total. The summed E-state index contributed by atoms with van der Waals surface area (Å²) in [5.41, 5.74) is 4.40. The van der Waals surface area contributed by atoms with Crippen LogP contribution in [0.15, 0.2) is 48.5 Å². The van der Waals surface area contributed by atoms with E-state index in [1.165, 1.54) is 11.1 Å². The molecule has 0 saturated heterocycles. The van der Waals surface area contributed by atoms with Crippen LogP contribution < -0.4 is 10.6 Å². The molecule has 0 radical (unpaired) electrons. The second kappa shape index (κ2) is 11.4. The number of carboxylic acid groups (broad SMARTS) is 1. The van der Waals surface area contributed by atoms with Gasteiger partial charge in [-0.2, -0.15) is 0 Å². The fraction of sp³-hybridized carbons (Fsp3) is 0.464. The van der Waals surface area contributed by atoms with Crippen LogP contribution in [0.25, 0.3) is 11.1 Å². The number of rotatable bonds is 10. The monoisotopic (exact) mass is 480 g/mol. The Morgan fingerprint density at radius 1 is 0.971 bits per heavy atom. The van der Waals surface area contributed by atoms with Gasteiger partial charge in [0.2, 0.25) is 5.91 Å². The summed E-state index contributed by atoms with van der Waals surface area (Å²) in [6, 6.07) is 15.1. The summed E-state index contributed by atoms with van der Waals surface area (Å²) in [5.74, 6) is -1.40. The van der Waals surface area contributed by atoms with Crippen LogP contribution in [0.1, 0.15) is 70.4 Å². The molecule has 35 heavy (non-hydrogen) atoms. The molecule has 0 bridgehead atoms. The smallest absolute Gasteiger partial charge is 0.407 e. The highest BCUT2D eigenvalue weighted by molar-refractivity contribution is 5.83. The Morgan fingerprint density at radius 3 is 2.06 bits per heavy atom. The largest absolute Gasteiger partial charge is 0.480 e. The molecule has 0 saturated carbocycles. The van der Waals surface area contributed by atoms with Crippen LogP contribution in [-0.4, -0.2) is 41.8 Å². The second-order valence-electron chi connectivity index (χ2n) is 10.3. The zero-order valence-corrected chi connectivity index (χ0v) is 21.0. The number of ether oxygens (including phenoxy) is 1. The van der Waals surface area contributed by atoms with E-state index in [-0.39, 0.29) is 36.3 Å². The molecule has 2 amide bonds. The molecule has 0 heterocycles. The predicted molar refractivity (Wildman–Crippen MR) is 135 cm³/mol. The first-order valence-corrected chi connectivity index (χ1v) is 12.2. The molecule has 188 valence electrons. The van der Waals surface area contributed by atoms with Crippen molar-refractivity contribution in [3.63, 3.8) is 0 Å². The van der Waals surface area contributed by atoms with Gasteiger partial charge >= 0.3 is 12.1 Å². The highest BCUT2D eigenvalue weighted by Crippen LogP contribution is 2.44. The van der Waals surface area contributed by atoms with E-state index in [0.717, 1.165) is 11.1 Å². The van der Waals surface area contributed by atoms with E-state index >= 15 is 0 Å². The molecule has 2 unspecified atom stereocenters. The van der Waals surface area contributed by atoms with Crippen LogP contribution in [0.4, 0.5) is 4.79 Å². The maximum Gasteiger partial charge on any atom is 0.407 e. The van der Waals surface area contributed by atoms with E-state index in [2.05, 4.69) is 34.9 Å². The molecule has 3 rings (SSSR count). The first kappa shape index (κ1) is 26.3. The zero-order chi connectivity index (χ0) is 25.6. The summed E-state index contributed by atoms with van der Waals surface area (Å²) in [4.78, 5) is 36.4. The number of carbonyl (C=O) groups excluding carboxylic acids is 2. The van der Waals surface area contributed by atoms with Crippen LogP contribution >= 0.6 is 0 Å². The molecule has 0 spiro atoms. The summed E-state index contributed by atoms with van der Waals surface area (Å²) in [6.45, 7) is 7.94. The van der Waals surface area contributed by atoms with E-state index < -0.39 is 18.1 Å². The average molecular weight is 481 g/mol. The number of amides is 2. The van der Waals surface area contributed by atoms with Crippen molar-refractivity contribution in [1.82, 2.24) is 10.6 Å². The summed E-state index contributed by atoms with van der Waals surface area (Å²) in [5, 5.41) is 14.9. The van der Waals surface area contributed by atoms with E-state index in [0.29, 0.717) is 19.3 Å². The molecular formula is C28H36N2O5. The predicted octanol–water partition coefficient (Wildman–Crippen LogP) is 5.09. The lowest BCUT2D eigenvalue weighted by Gasteiger charge is -2.24. The fourth-order valence-electron chi connectivity index (χ4n) is 4.57. The highest BCUT2D eigenvalue weighted by atomic mass is 16.5. The van der Waals surface area contributed by atoms with E-state index in [1.54, 1.807) is 0 Å². The topological polar surface area (TPSA) is 105 Å². The van der Waals surface area contributed by atoms with Gasteiger partial charge in [0.1, 0.15) is 12.6 Å². The Kier molecular flexibility index (Phi) is 8.54. The Morgan fingerprint density at radius 2 is 1.54 bits per heavy atom. The Balaban J connectivity index is 1.50. The molecule has 1 aliphatic rings. The molecule has 1 aliphatic carbocycles. The molecule has 0 aliphatic heterocycles. The van der Waals surface area contributed by atoms with Crippen molar-refractivity contribution in [2.75, 3.05) is 6.61 Å². The minimum absolute atomic E-state index is 0.0187. The van der Waals surface area contributed by atoms with Gasteiger partial charge in [0.15, 0.2) is 0 Å². The summed E-state index contributed by atoms with van der Waals surface area (Å²) in [6.07, 6.45) is 0.963. The number of nitrogens with one attached hydrogen (secondary N) is 2. The third kappa shape index (κ3) is 7.07. The van der Waals surface area contributed by atoms with E-state index in [4.69, 9.17) is 4.74 Å². The van der Waals surface area contributed by atoms with Gasteiger partial charge in [-0.1, -0.05) is 76.2 Å². The number of carbonyl (C=O) groups is 3. The summed E-state index contributed by atoms with van der Waals surface area (Å²) in [7, 11) is 0. The third-order valence-corrected chi connectivity index (χ3v) is 6.33. The van der Waals surface area contributed by atoms with Crippen LogP contribution in [-0.2, 0) is 14.3 Å². The van der Waals surface area contributed by atoms with Crippen molar-refractivity contribution in [2.45, 2.75) is 71.4 Å². The highest BCUT2D eigenvalue weighted by Gasteiger charge is 2.29. The lowest BCUT2D eigenvalue weighted by Crippen LogP contribution is -2.43. The minimum Gasteiger partial charge on any atom is -0.480 e. The van der Waals surface area contributed by atoms with Crippen LogP contribution in [0, 0.1) is 5.41 Å². The molecule has 7 heteroatoms. The molecule has 2 aromatic carbocycles. The molecule has 0 fully saturated rings. The fourth-order valence-corrected chi connectivity index (χ4v) is 4.57. The number of hydrogen-bond acceptors (Lipinski definition) is 4. The SMILES string of the molecule is CCC(CCC(=O)NC(CC(C)(C)C)C(=O)O)NC(=O)OCC1c2ccccc2-c2ccccc21. The lowest BCUT2D eigenvalue weighted by atomic mass is 9.88. The van der Waals surface area contributed by atoms with Gasteiger partial charge in [0.25, 0.3) is 0 Å². The number of hydrogen-bond donors (Lipinski definition) is 3. The number of fused-ring (bicyclic) bond motifs is 3.